The van der Waals surface area contributed by atoms with Crippen molar-refractivity contribution in [1.29, 1.82) is 0 Å². The minimum absolute atomic E-state index is 0.841. The summed E-state index contributed by atoms with van der Waals surface area (Å²) in [5.41, 5.74) is 0. The van der Waals surface area contributed by atoms with Gasteiger partial charge in [0.05, 0.1) is 0 Å². The van der Waals surface area contributed by atoms with E-state index >= 15 is 0 Å². The van der Waals surface area contributed by atoms with E-state index in [0.29, 0.717) is 0 Å². The van der Waals surface area contributed by atoms with Crippen molar-refractivity contribution in [3.8, 4) is 0 Å². The molecule has 3 aliphatic rings. The maximum Gasteiger partial charge on any atom is 0.0235 e. The highest BCUT2D eigenvalue weighted by Gasteiger charge is 2.36. The molecular formula is C13H24N2. The third-order valence-corrected chi connectivity index (χ3v) is 4.68. The maximum atomic E-state index is 3.64. The Morgan fingerprint density at radius 3 is 2.67 bits per heavy atom. The standard InChI is InChI=1S/C13H24N2/c1-2-4-11(5-3-1)8-15-9-12-6-7-14-13(12)10-15/h11-14H,1-10H2/t12-,13+/m1/s1. The summed E-state index contributed by atoms with van der Waals surface area (Å²) in [4.78, 5) is 2.73. The number of rotatable bonds is 2. The maximum absolute atomic E-state index is 3.64. The molecule has 1 saturated carbocycles. The van der Waals surface area contributed by atoms with Gasteiger partial charge in [-0.3, -0.25) is 0 Å². The monoisotopic (exact) mass is 208 g/mol. The number of nitrogens with zero attached hydrogens (tertiary/aromatic N) is 1. The number of hydrogen-bond acceptors (Lipinski definition) is 2. The van der Waals surface area contributed by atoms with Gasteiger partial charge in [0.15, 0.2) is 0 Å². The van der Waals surface area contributed by atoms with E-state index in [2.05, 4.69) is 10.2 Å². The van der Waals surface area contributed by atoms with Crippen molar-refractivity contribution in [1.82, 2.24) is 10.2 Å². The topological polar surface area (TPSA) is 15.3 Å². The Kier molecular flexibility index (Phi) is 2.98. The number of nitrogens with one attached hydrogen (secondary N) is 1. The van der Waals surface area contributed by atoms with E-state index in [1.807, 2.05) is 0 Å². The Hall–Kier alpha value is -0.0800. The van der Waals surface area contributed by atoms with Crippen LogP contribution >= 0.6 is 0 Å². The fourth-order valence-electron chi connectivity index (χ4n) is 3.82. The quantitative estimate of drug-likeness (QED) is 0.745. The lowest BCUT2D eigenvalue weighted by Crippen LogP contribution is -2.33. The predicted molar refractivity (Wildman–Crippen MR) is 62.9 cm³/mol. The summed E-state index contributed by atoms with van der Waals surface area (Å²) in [5.74, 6) is 2.01. The minimum atomic E-state index is 0.841. The van der Waals surface area contributed by atoms with Crippen LogP contribution in [-0.4, -0.2) is 37.1 Å². The molecule has 2 heteroatoms. The summed E-state index contributed by atoms with van der Waals surface area (Å²) >= 11 is 0. The van der Waals surface area contributed by atoms with Crippen molar-refractivity contribution in [2.24, 2.45) is 11.8 Å². The van der Waals surface area contributed by atoms with Crippen LogP contribution in [0.25, 0.3) is 0 Å². The van der Waals surface area contributed by atoms with Crippen LogP contribution in [0.1, 0.15) is 38.5 Å². The van der Waals surface area contributed by atoms with Crippen molar-refractivity contribution in [3.63, 3.8) is 0 Å². The predicted octanol–water partition coefficient (Wildman–Crippen LogP) is 1.86. The lowest BCUT2D eigenvalue weighted by molar-refractivity contribution is 0.223. The van der Waals surface area contributed by atoms with Crippen molar-refractivity contribution in [3.05, 3.63) is 0 Å². The van der Waals surface area contributed by atoms with Gasteiger partial charge in [-0.1, -0.05) is 19.3 Å². The SMILES string of the molecule is C1CCC(CN2C[C@H]3CCN[C@H]3C2)CC1. The molecule has 0 aromatic carbocycles. The van der Waals surface area contributed by atoms with Crippen LogP contribution in [0.3, 0.4) is 0 Å². The van der Waals surface area contributed by atoms with Crippen molar-refractivity contribution in [2.75, 3.05) is 26.2 Å². The second-order valence-corrected chi connectivity index (χ2v) is 5.83. The van der Waals surface area contributed by atoms with Gasteiger partial charge in [0.1, 0.15) is 0 Å². The van der Waals surface area contributed by atoms with Crippen molar-refractivity contribution < 1.29 is 0 Å². The summed E-state index contributed by atoms with van der Waals surface area (Å²) in [6, 6.07) is 0.841. The zero-order chi connectivity index (χ0) is 10.1. The van der Waals surface area contributed by atoms with Crippen molar-refractivity contribution >= 4 is 0 Å². The molecule has 2 atom stereocenters. The summed E-state index contributed by atoms with van der Waals surface area (Å²) in [6.45, 7) is 5.39. The first kappa shape index (κ1) is 10.1. The average molecular weight is 208 g/mol. The summed E-state index contributed by atoms with van der Waals surface area (Å²) in [6.07, 6.45) is 8.89. The molecule has 0 unspecified atom stereocenters. The first-order chi connectivity index (χ1) is 7.42. The van der Waals surface area contributed by atoms with Gasteiger partial charge in [-0.15, -0.1) is 0 Å². The second kappa shape index (κ2) is 4.42. The molecule has 15 heavy (non-hydrogen) atoms. The van der Waals surface area contributed by atoms with Gasteiger partial charge in [-0.25, -0.2) is 0 Å². The molecule has 1 N–H and O–H groups in total. The zero-order valence-electron chi connectivity index (χ0n) is 9.75. The zero-order valence-corrected chi connectivity index (χ0v) is 9.75. The normalized spacial score (nSPS) is 38.4. The van der Waals surface area contributed by atoms with E-state index < -0.39 is 0 Å². The van der Waals surface area contributed by atoms with E-state index in [9.17, 15) is 0 Å². The molecule has 0 aromatic rings. The second-order valence-electron chi connectivity index (χ2n) is 5.83. The highest BCUT2D eigenvalue weighted by Crippen LogP contribution is 2.29. The smallest absolute Gasteiger partial charge is 0.0235 e. The largest absolute Gasteiger partial charge is 0.312 e. The minimum Gasteiger partial charge on any atom is -0.312 e. The fourth-order valence-corrected chi connectivity index (χ4v) is 3.82. The van der Waals surface area contributed by atoms with E-state index in [4.69, 9.17) is 0 Å². The number of fused-ring (bicyclic) bond motifs is 1. The van der Waals surface area contributed by atoms with E-state index in [1.54, 1.807) is 0 Å². The molecule has 2 aliphatic heterocycles. The lowest BCUT2D eigenvalue weighted by atomic mass is 9.89. The van der Waals surface area contributed by atoms with Crippen LogP contribution in [0.15, 0.2) is 0 Å². The van der Waals surface area contributed by atoms with Crippen molar-refractivity contribution in [2.45, 2.75) is 44.6 Å². The molecule has 0 radical (unpaired) electrons. The Bertz CT molecular complexity index is 199. The molecule has 3 rings (SSSR count). The summed E-state index contributed by atoms with van der Waals surface area (Å²) in [7, 11) is 0. The van der Waals surface area contributed by atoms with Crippen LogP contribution in [-0.2, 0) is 0 Å². The van der Waals surface area contributed by atoms with Crippen LogP contribution in [0.2, 0.25) is 0 Å². The molecule has 2 saturated heterocycles. The van der Waals surface area contributed by atoms with E-state index in [-0.39, 0.29) is 0 Å². The van der Waals surface area contributed by atoms with Gasteiger partial charge in [-0.2, -0.15) is 0 Å². The fraction of sp³-hybridized carbons (Fsp3) is 1.00. The molecule has 0 spiro atoms. The first-order valence-corrected chi connectivity index (χ1v) is 6.87. The van der Waals surface area contributed by atoms with Gasteiger partial charge in [0.25, 0.3) is 0 Å². The summed E-state index contributed by atoms with van der Waals surface area (Å²) in [5, 5.41) is 3.64. The highest BCUT2D eigenvalue weighted by atomic mass is 15.2. The highest BCUT2D eigenvalue weighted by molar-refractivity contribution is 4.94. The number of likely N-dealkylation sites (tertiary alicyclic amines) is 1. The van der Waals surface area contributed by atoms with Gasteiger partial charge >= 0.3 is 0 Å². The molecule has 2 nitrogen and oxygen atoms in total. The molecule has 86 valence electrons. The van der Waals surface area contributed by atoms with Gasteiger partial charge in [0, 0.05) is 25.7 Å². The lowest BCUT2D eigenvalue weighted by Gasteiger charge is -2.27. The third-order valence-electron chi connectivity index (χ3n) is 4.68. The first-order valence-electron chi connectivity index (χ1n) is 6.87. The van der Waals surface area contributed by atoms with E-state index in [0.717, 1.165) is 17.9 Å². The van der Waals surface area contributed by atoms with Crippen LogP contribution in [0.5, 0.6) is 0 Å². The van der Waals surface area contributed by atoms with Crippen LogP contribution in [0.4, 0.5) is 0 Å². The molecular weight excluding hydrogens is 184 g/mol. The summed E-state index contributed by atoms with van der Waals surface area (Å²) < 4.78 is 0. The Labute approximate surface area is 93.4 Å². The van der Waals surface area contributed by atoms with E-state index in [1.165, 1.54) is 64.7 Å². The van der Waals surface area contributed by atoms with Crippen LogP contribution < -0.4 is 5.32 Å². The molecule has 1 aliphatic carbocycles. The Balaban J connectivity index is 1.48. The molecule has 0 bridgehead atoms. The average Bonchev–Trinajstić information content (AvgIpc) is 2.79. The Morgan fingerprint density at radius 1 is 1.00 bits per heavy atom. The molecule has 3 fully saturated rings. The Morgan fingerprint density at radius 2 is 1.87 bits per heavy atom. The van der Waals surface area contributed by atoms with Gasteiger partial charge < -0.3 is 10.2 Å². The third kappa shape index (κ3) is 2.21. The molecule has 0 amide bonds. The number of hydrogen-bond donors (Lipinski definition) is 1. The van der Waals surface area contributed by atoms with Gasteiger partial charge in [0.2, 0.25) is 0 Å². The molecule has 2 heterocycles. The van der Waals surface area contributed by atoms with Crippen LogP contribution in [0, 0.1) is 11.8 Å². The molecule has 0 aromatic heterocycles. The van der Waals surface area contributed by atoms with Gasteiger partial charge in [-0.05, 0) is 37.6 Å².